The van der Waals surface area contributed by atoms with E-state index in [1.807, 2.05) is 21.1 Å². The second kappa shape index (κ2) is 70.6. The van der Waals surface area contributed by atoms with Gasteiger partial charge in [0.05, 0.1) is 34.4 Å². The molecule has 0 aliphatic carbocycles. The van der Waals surface area contributed by atoms with Gasteiger partial charge in [0, 0.05) is 12.8 Å². The molecule has 518 valence electrons. The van der Waals surface area contributed by atoms with Gasteiger partial charge in [-0.1, -0.05) is 337 Å². The SMILES string of the molecule is CC/C=C\C/C=C\C/C=C\C/C=C\C/C=C\CCCCCCCCCCCCCCCCCCCCCCCCCCCC(=O)OC(COC(=O)CCCCCCCCCCCCC/C=C\CCCCCCCCCC)COC(OCC[N+](C)(C)C)C(=O)O. The third-order valence-corrected chi connectivity index (χ3v) is 16.9. The molecule has 0 spiro atoms. The van der Waals surface area contributed by atoms with Crippen molar-refractivity contribution >= 4 is 17.9 Å². The zero-order chi connectivity index (χ0) is 64.7. The summed E-state index contributed by atoms with van der Waals surface area (Å²) in [6.45, 7) is 4.82. The average Bonchev–Trinajstić information content (AvgIpc) is 3.64. The Balaban J connectivity index is 3.96. The molecule has 9 nitrogen and oxygen atoms in total. The first-order valence-corrected chi connectivity index (χ1v) is 38.1. The van der Waals surface area contributed by atoms with Crippen molar-refractivity contribution in [2.24, 2.45) is 0 Å². The Hall–Kier alpha value is -3.27. The molecule has 2 unspecified atom stereocenters. The van der Waals surface area contributed by atoms with Crippen LogP contribution in [0.3, 0.4) is 0 Å². The summed E-state index contributed by atoms with van der Waals surface area (Å²) in [5, 5.41) is 9.76. The highest BCUT2D eigenvalue weighted by atomic mass is 16.7. The van der Waals surface area contributed by atoms with Crippen LogP contribution in [0.4, 0.5) is 0 Å². The van der Waals surface area contributed by atoms with Crippen molar-refractivity contribution in [1.82, 2.24) is 0 Å². The number of carbonyl (C=O) groups is 3. The molecular formula is C80H146NO8+. The highest BCUT2D eigenvalue weighted by Crippen LogP contribution is 2.19. The maximum absolute atomic E-state index is 13.0. The van der Waals surface area contributed by atoms with E-state index >= 15 is 0 Å². The normalized spacial score (nSPS) is 13.0. The fourth-order valence-electron chi connectivity index (χ4n) is 11.2. The van der Waals surface area contributed by atoms with Gasteiger partial charge in [-0.15, -0.1) is 0 Å². The van der Waals surface area contributed by atoms with Crippen LogP contribution in [-0.2, 0) is 33.3 Å². The van der Waals surface area contributed by atoms with Gasteiger partial charge >= 0.3 is 17.9 Å². The number of aliphatic carboxylic acids is 1. The second-order valence-corrected chi connectivity index (χ2v) is 26.9. The topological polar surface area (TPSA) is 108 Å². The number of carbonyl (C=O) groups excluding carboxylic acids is 2. The highest BCUT2D eigenvalue weighted by Gasteiger charge is 2.25. The lowest BCUT2D eigenvalue weighted by Gasteiger charge is -2.25. The molecule has 0 fully saturated rings. The van der Waals surface area contributed by atoms with Gasteiger partial charge in [-0.3, -0.25) is 9.59 Å². The van der Waals surface area contributed by atoms with E-state index in [1.54, 1.807) is 0 Å². The molecule has 0 aromatic carbocycles. The fraction of sp³-hybridized carbons (Fsp3) is 0.812. The molecule has 2 atom stereocenters. The zero-order valence-electron chi connectivity index (χ0n) is 59.3. The number of hydrogen-bond donors (Lipinski definition) is 1. The molecule has 0 aromatic rings. The number of ether oxygens (including phenoxy) is 4. The van der Waals surface area contributed by atoms with Gasteiger partial charge in [0.15, 0.2) is 6.10 Å². The van der Waals surface area contributed by atoms with E-state index in [9.17, 15) is 19.5 Å². The zero-order valence-corrected chi connectivity index (χ0v) is 59.3. The monoisotopic (exact) mass is 1250 g/mol. The van der Waals surface area contributed by atoms with Gasteiger partial charge in [-0.05, 0) is 83.5 Å². The fourth-order valence-corrected chi connectivity index (χ4v) is 11.2. The molecule has 0 bridgehead atoms. The number of allylic oxidation sites excluding steroid dienone is 12. The van der Waals surface area contributed by atoms with Crippen molar-refractivity contribution in [1.29, 1.82) is 0 Å². The summed E-state index contributed by atoms with van der Waals surface area (Å²) in [4.78, 5) is 37.7. The number of nitrogens with zero attached hydrogens (tertiary/aromatic N) is 1. The minimum atomic E-state index is -1.51. The molecule has 89 heavy (non-hydrogen) atoms. The van der Waals surface area contributed by atoms with E-state index < -0.39 is 18.4 Å². The van der Waals surface area contributed by atoms with Crippen LogP contribution in [0.15, 0.2) is 72.9 Å². The van der Waals surface area contributed by atoms with Gasteiger partial charge in [0.1, 0.15) is 13.2 Å². The Kier molecular flexibility index (Phi) is 68.0. The molecule has 0 saturated carbocycles. The van der Waals surface area contributed by atoms with Crippen LogP contribution in [0.2, 0.25) is 0 Å². The number of likely N-dealkylation sites (N-methyl/N-ethyl adjacent to an activating group) is 1. The van der Waals surface area contributed by atoms with Crippen LogP contribution in [0, 0.1) is 0 Å². The Labute approximate surface area is 551 Å². The van der Waals surface area contributed by atoms with Gasteiger partial charge in [0.25, 0.3) is 6.29 Å². The number of rotatable bonds is 71. The summed E-state index contributed by atoms with van der Waals surface area (Å²) in [6.07, 6.45) is 91.9. The first-order chi connectivity index (χ1) is 43.6. The van der Waals surface area contributed by atoms with Crippen LogP contribution < -0.4 is 0 Å². The number of esters is 2. The number of unbranched alkanes of at least 4 members (excludes halogenated alkanes) is 44. The second-order valence-electron chi connectivity index (χ2n) is 26.9. The van der Waals surface area contributed by atoms with Crippen molar-refractivity contribution in [3.63, 3.8) is 0 Å². The minimum Gasteiger partial charge on any atom is -0.477 e. The molecule has 1 N–H and O–H groups in total. The van der Waals surface area contributed by atoms with Gasteiger partial charge < -0.3 is 28.5 Å². The molecular weight excluding hydrogens is 1100 g/mol. The molecule has 0 aliphatic rings. The standard InChI is InChI=1S/C80H145NO8/c1-6-8-10-12-14-16-18-20-22-24-26-28-30-31-32-33-34-35-36-37-38-39-40-41-42-43-44-45-46-47-49-51-53-55-57-59-61-63-65-67-69-71-78(83)89-76(75-88-80(79(84)85)86-73-72-81(3,4)5)74-87-77(82)70-68-66-64-62-60-58-56-54-52-50-48-29-27-25-23-21-19-17-15-13-11-9-7-2/h8,10,14,16,20,22,25-28,31-32,76,80H,6-7,9,11-13,15,17-19,21,23-24,29-30,33-75H2,1-5H3/p+1/b10-8-,16-14-,22-20-,27-25-,28-26-,32-31-. The molecule has 0 amide bonds. The first-order valence-electron chi connectivity index (χ1n) is 38.1. The quantitative estimate of drug-likeness (QED) is 0.0211. The highest BCUT2D eigenvalue weighted by molar-refractivity contribution is 5.71. The number of hydrogen-bond acceptors (Lipinski definition) is 7. The van der Waals surface area contributed by atoms with E-state index in [2.05, 4.69) is 86.8 Å². The summed E-state index contributed by atoms with van der Waals surface area (Å²) in [5.74, 6) is -1.98. The maximum Gasteiger partial charge on any atom is 0.361 e. The van der Waals surface area contributed by atoms with Crippen molar-refractivity contribution < 1.29 is 42.9 Å². The Morgan fingerprint density at radius 2 is 0.640 bits per heavy atom. The molecule has 0 aliphatic heterocycles. The number of carboxylic acid groups (broad SMARTS) is 1. The Bertz CT molecular complexity index is 1690. The molecule has 0 heterocycles. The van der Waals surface area contributed by atoms with Crippen LogP contribution in [-0.4, -0.2) is 87.4 Å². The predicted octanol–water partition coefficient (Wildman–Crippen LogP) is 24.0. The summed E-state index contributed by atoms with van der Waals surface area (Å²) in [5.41, 5.74) is 0. The van der Waals surface area contributed by atoms with Crippen LogP contribution in [0.1, 0.15) is 361 Å². The van der Waals surface area contributed by atoms with Crippen molar-refractivity contribution in [2.75, 3.05) is 47.5 Å². The lowest BCUT2D eigenvalue weighted by molar-refractivity contribution is -0.870. The summed E-state index contributed by atoms with van der Waals surface area (Å²) < 4.78 is 23.0. The minimum absolute atomic E-state index is 0.178. The Morgan fingerprint density at radius 1 is 0.348 bits per heavy atom. The number of carboxylic acids is 1. The Morgan fingerprint density at radius 3 is 0.966 bits per heavy atom. The van der Waals surface area contributed by atoms with E-state index in [4.69, 9.17) is 18.9 Å². The van der Waals surface area contributed by atoms with Crippen molar-refractivity contribution in [3.8, 4) is 0 Å². The van der Waals surface area contributed by atoms with Gasteiger partial charge in [0.2, 0.25) is 0 Å². The van der Waals surface area contributed by atoms with Gasteiger partial charge in [-0.25, -0.2) is 4.79 Å². The van der Waals surface area contributed by atoms with Crippen LogP contribution in [0.5, 0.6) is 0 Å². The van der Waals surface area contributed by atoms with Crippen molar-refractivity contribution in [2.45, 2.75) is 373 Å². The molecule has 0 saturated heterocycles. The summed E-state index contributed by atoms with van der Waals surface area (Å²) in [6, 6.07) is 0. The van der Waals surface area contributed by atoms with Gasteiger partial charge in [-0.2, -0.15) is 0 Å². The van der Waals surface area contributed by atoms with Crippen LogP contribution in [0.25, 0.3) is 0 Å². The maximum atomic E-state index is 13.0. The summed E-state index contributed by atoms with van der Waals surface area (Å²) in [7, 11) is 5.99. The van der Waals surface area contributed by atoms with E-state index in [0.717, 1.165) is 70.6 Å². The average molecular weight is 1250 g/mol. The van der Waals surface area contributed by atoms with E-state index in [1.165, 1.54) is 263 Å². The predicted molar refractivity (Wildman–Crippen MR) is 383 cm³/mol. The summed E-state index contributed by atoms with van der Waals surface area (Å²) >= 11 is 0. The van der Waals surface area contributed by atoms with Crippen molar-refractivity contribution in [3.05, 3.63) is 72.9 Å². The third kappa shape index (κ3) is 72.0. The van der Waals surface area contributed by atoms with Crippen LogP contribution >= 0.6 is 0 Å². The van der Waals surface area contributed by atoms with E-state index in [0.29, 0.717) is 17.4 Å². The molecule has 0 radical (unpaired) electrons. The van der Waals surface area contributed by atoms with E-state index in [-0.39, 0.29) is 38.2 Å². The molecule has 0 aromatic heterocycles. The number of quaternary nitrogens is 1. The lowest BCUT2D eigenvalue weighted by atomic mass is 10.0. The lowest BCUT2D eigenvalue weighted by Crippen LogP contribution is -2.40. The molecule has 9 heteroatoms. The largest absolute Gasteiger partial charge is 0.477 e. The molecule has 0 rings (SSSR count). The first kappa shape index (κ1) is 85.7. The third-order valence-electron chi connectivity index (χ3n) is 16.9. The smallest absolute Gasteiger partial charge is 0.361 e.